The topological polar surface area (TPSA) is 85.8 Å². The molecule has 0 aliphatic rings. The first-order chi connectivity index (χ1) is 14.0. The van der Waals surface area contributed by atoms with Crippen LogP contribution in [0.4, 0.5) is 5.82 Å². The molecule has 2 aromatic carbocycles. The van der Waals surface area contributed by atoms with Gasteiger partial charge >= 0.3 is 0 Å². The molecule has 7 heteroatoms. The van der Waals surface area contributed by atoms with Gasteiger partial charge in [-0.3, -0.25) is 4.79 Å². The normalized spacial score (nSPS) is 12.4. The molecule has 1 unspecified atom stereocenters. The zero-order valence-electron chi connectivity index (χ0n) is 16.3. The molecule has 3 N–H and O–H groups in total. The lowest BCUT2D eigenvalue weighted by molar-refractivity contribution is 0.0941. The molecule has 0 spiro atoms. The van der Waals surface area contributed by atoms with Gasteiger partial charge in [0.25, 0.3) is 5.91 Å². The van der Waals surface area contributed by atoms with Crippen molar-refractivity contribution >= 4 is 45.5 Å². The summed E-state index contributed by atoms with van der Waals surface area (Å²) in [5, 5.41) is 3.66. The van der Waals surface area contributed by atoms with Crippen LogP contribution in [0.5, 0.6) is 0 Å². The van der Waals surface area contributed by atoms with Crippen molar-refractivity contribution in [3.05, 3.63) is 64.7 Å². The zero-order chi connectivity index (χ0) is 20.5. The number of nitrogen functional groups attached to an aromatic ring is 1. The van der Waals surface area contributed by atoms with Crippen LogP contribution in [0.3, 0.4) is 0 Å². The van der Waals surface area contributed by atoms with Gasteiger partial charge < -0.3 is 15.6 Å². The van der Waals surface area contributed by atoms with Gasteiger partial charge in [0, 0.05) is 11.1 Å². The van der Waals surface area contributed by atoms with E-state index in [4.69, 9.17) is 27.3 Å². The Balaban J connectivity index is 1.91. The van der Waals surface area contributed by atoms with Crippen LogP contribution in [0.25, 0.3) is 22.2 Å². The van der Waals surface area contributed by atoms with E-state index in [1.54, 1.807) is 0 Å². The van der Waals surface area contributed by atoms with Crippen molar-refractivity contribution in [1.82, 2.24) is 19.9 Å². The molecule has 0 saturated carbocycles. The minimum atomic E-state index is -0.235. The number of nitrogens with zero attached hydrogens (tertiary/aromatic N) is 3. The number of amides is 1. The number of rotatable bonds is 5. The van der Waals surface area contributed by atoms with Gasteiger partial charge in [-0.1, -0.05) is 42.8 Å². The first-order valence-corrected chi connectivity index (χ1v) is 9.95. The molecule has 4 aromatic rings. The quantitative estimate of drug-likeness (QED) is 0.513. The van der Waals surface area contributed by atoms with Crippen molar-refractivity contribution in [1.29, 1.82) is 0 Å². The molecule has 0 saturated heterocycles. The number of nitrogens with one attached hydrogen (secondary N) is 1. The van der Waals surface area contributed by atoms with E-state index in [1.165, 1.54) is 0 Å². The summed E-state index contributed by atoms with van der Waals surface area (Å²) in [7, 11) is 0. The van der Waals surface area contributed by atoms with Gasteiger partial charge in [-0.05, 0) is 43.2 Å². The molecule has 2 heterocycles. The summed E-state index contributed by atoms with van der Waals surface area (Å²) >= 11 is 6.01. The summed E-state index contributed by atoms with van der Waals surface area (Å²) in [6, 6.07) is 15.1. The van der Waals surface area contributed by atoms with Crippen molar-refractivity contribution in [3.8, 4) is 0 Å². The molecular weight excluding hydrogens is 386 g/mol. The van der Waals surface area contributed by atoms with E-state index >= 15 is 0 Å². The third-order valence-corrected chi connectivity index (χ3v) is 5.31. The predicted octanol–water partition coefficient (Wildman–Crippen LogP) is 4.40. The number of benzene rings is 2. The van der Waals surface area contributed by atoms with Gasteiger partial charge in [-0.15, -0.1) is 0 Å². The van der Waals surface area contributed by atoms with Crippen LogP contribution in [0.15, 0.2) is 48.5 Å². The number of carbonyl (C=O) groups is 1. The van der Waals surface area contributed by atoms with Crippen LogP contribution in [0.2, 0.25) is 5.02 Å². The molecule has 0 radical (unpaired) electrons. The third kappa shape index (κ3) is 3.63. The second-order valence-electron chi connectivity index (χ2n) is 7.14. The van der Waals surface area contributed by atoms with Crippen LogP contribution in [-0.4, -0.2) is 26.5 Å². The van der Waals surface area contributed by atoms with E-state index in [1.807, 2.05) is 66.9 Å². The second kappa shape index (κ2) is 7.72. The number of nitrogens with two attached hydrogens (primary N) is 1. The molecule has 29 heavy (non-hydrogen) atoms. The molecule has 0 aliphatic heterocycles. The van der Waals surface area contributed by atoms with E-state index < -0.39 is 0 Å². The monoisotopic (exact) mass is 407 g/mol. The smallest absolute Gasteiger partial charge is 0.257 e. The average Bonchev–Trinajstić information content (AvgIpc) is 2.98. The van der Waals surface area contributed by atoms with E-state index in [2.05, 4.69) is 5.32 Å². The number of aromatic nitrogens is 3. The summed E-state index contributed by atoms with van der Waals surface area (Å²) in [5.41, 5.74) is 10.4. The highest BCUT2D eigenvalue weighted by molar-refractivity contribution is 6.30. The Morgan fingerprint density at radius 3 is 2.45 bits per heavy atom. The molecule has 4 rings (SSSR count). The number of anilines is 1. The second-order valence-corrected chi connectivity index (χ2v) is 7.58. The van der Waals surface area contributed by atoms with Crippen LogP contribution in [-0.2, 0) is 6.54 Å². The number of halogens is 1. The van der Waals surface area contributed by atoms with Crippen LogP contribution in [0, 0.1) is 0 Å². The summed E-state index contributed by atoms with van der Waals surface area (Å²) < 4.78 is 1.84. The summed E-state index contributed by atoms with van der Waals surface area (Å²) in [4.78, 5) is 22.5. The van der Waals surface area contributed by atoms with Crippen molar-refractivity contribution in [2.75, 3.05) is 5.73 Å². The highest BCUT2D eigenvalue weighted by Crippen LogP contribution is 2.29. The Labute approximate surface area is 173 Å². The molecular formula is C22H22ClN5O. The highest BCUT2D eigenvalue weighted by atomic mass is 35.5. The molecule has 0 aliphatic carbocycles. The van der Waals surface area contributed by atoms with Crippen molar-refractivity contribution in [2.45, 2.75) is 32.9 Å². The lowest BCUT2D eigenvalue weighted by atomic mass is 10.2. The fraction of sp³-hybridized carbons (Fsp3) is 0.227. The molecule has 1 amide bonds. The molecule has 0 fully saturated rings. The average molecular weight is 408 g/mol. The number of hydrogen-bond acceptors (Lipinski definition) is 4. The third-order valence-electron chi connectivity index (χ3n) is 5.06. The maximum absolute atomic E-state index is 13.0. The lowest BCUT2D eigenvalue weighted by Gasteiger charge is -2.11. The number of carbonyl (C=O) groups excluding carboxylic acids is 1. The Kier molecular flexibility index (Phi) is 5.11. The Morgan fingerprint density at radius 2 is 1.79 bits per heavy atom. The number of fused-ring (bicyclic) bond motifs is 2. The van der Waals surface area contributed by atoms with Crippen LogP contribution < -0.4 is 11.1 Å². The summed E-state index contributed by atoms with van der Waals surface area (Å²) in [6.07, 6.45) is 0.823. The van der Waals surface area contributed by atoms with Crippen molar-refractivity contribution in [2.24, 2.45) is 0 Å². The van der Waals surface area contributed by atoms with E-state index in [-0.39, 0.29) is 11.9 Å². The Morgan fingerprint density at radius 1 is 1.14 bits per heavy atom. The lowest BCUT2D eigenvalue weighted by Crippen LogP contribution is -2.32. The zero-order valence-corrected chi connectivity index (χ0v) is 17.1. The number of para-hydroxylation sites is 2. The standard InChI is InChI=1S/C22H22ClN5O/c1-3-13(2)25-22(29)18-19-21(27-17-7-5-4-6-16(17)26-19)28(20(18)24)12-14-8-10-15(23)11-9-14/h4-11,13H,3,12,24H2,1-2H3,(H,25,29). The van der Waals surface area contributed by atoms with Crippen LogP contribution >= 0.6 is 11.6 Å². The van der Waals surface area contributed by atoms with Gasteiger partial charge in [0.15, 0.2) is 5.65 Å². The summed E-state index contributed by atoms with van der Waals surface area (Å²) in [6.45, 7) is 4.44. The molecule has 148 valence electrons. The first kappa shape index (κ1) is 19.2. The van der Waals surface area contributed by atoms with E-state index in [0.29, 0.717) is 34.1 Å². The predicted molar refractivity (Wildman–Crippen MR) is 117 cm³/mol. The summed E-state index contributed by atoms with van der Waals surface area (Å²) in [5.74, 6) is 0.118. The van der Waals surface area contributed by atoms with Crippen molar-refractivity contribution < 1.29 is 4.79 Å². The fourth-order valence-corrected chi connectivity index (χ4v) is 3.40. The van der Waals surface area contributed by atoms with Gasteiger partial charge in [-0.2, -0.15) is 0 Å². The maximum Gasteiger partial charge on any atom is 0.257 e. The molecule has 0 bridgehead atoms. The largest absolute Gasteiger partial charge is 0.384 e. The van der Waals surface area contributed by atoms with Gasteiger partial charge in [0.05, 0.1) is 17.6 Å². The Hall–Kier alpha value is -3.12. The van der Waals surface area contributed by atoms with Gasteiger partial charge in [0.1, 0.15) is 16.9 Å². The molecule has 1 atom stereocenters. The van der Waals surface area contributed by atoms with Gasteiger partial charge in [0.2, 0.25) is 0 Å². The minimum Gasteiger partial charge on any atom is -0.384 e. The molecule has 6 nitrogen and oxygen atoms in total. The van der Waals surface area contributed by atoms with Gasteiger partial charge in [-0.25, -0.2) is 9.97 Å². The minimum absolute atomic E-state index is 0.0324. The fourth-order valence-electron chi connectivity index (χ4n) is 3.27. The molecule has 2 aromatic heterocycles. The van der Waals surface area contributed by atoms with Crippen LogP contribution in [0.1, 0.15) is 36.2 Å². The SMILES string of the molecule is CCC(C)NC(=O)c1c(N)n(Cc2ccc(Cl)cc2)c2nc3ccccc3nc12. The van der Waals surface area contributed by atoms with E-state index in [9.17, 15) is 4.79 Å². The van der Waals surface area contributed by atoms with E-state index in [0.717, 1.165) is 23.0 Å². The highest BCUT2D eigenvalue weighted by Gasteiger charge is 2.24. The maximum atomic E-state index is 13.0. The first-order valence-electron chi connectivity index (χ1n) is 9.57. The van der Waals surface area contributed by atoms with Crippen molar-refractivity contribution in [3.63, 3.8) is 0 Å². The Bertz CT molecular complexity index is 1200. The number of hydrogen-bond donors (Lipinski definition) is 2.